The van der Waals surface area contributed by atoms with Crippen LogP contribution in [-0.2, 0) is 9.09 Å². The van der Waals surface area contributed by atoms with Crippen LogP contribution in [0.1, 0.15) is 50.4 Å². The minimum atomic E-state index is -4.43. The van der Waals surface area contributed by atoms with E-state index in [9.17, 15) is 29.3 Å². The number of carboxylic acid groups (broad SMARTS) is 2. The van der Waals surface area contributed by atoms with E-state index in [2.05, 4.69) is 9.97 Å². The van der Waals surface area contributed by atoms with Gasteiger partial charge in [0, 0.05) is 27.7 Å². The third kappa shape index (κ3) is 5.67. The van der Waals surface area contributed by atoms with E-state index >= 15 is 0 Å². The number of nitrogens with zero attached hydrogens (tertiary/aromatic N) is 2. The molecule has 5 heterocycles. The molecule has 0 saturated heterocycles. The molecule has 0 saturated carbocycles. The van der Waals surface area contributed by atoms with Gasteiger partial charge in [-0.05, 0) is 97.0 Å². The van der Waals surface area contributed by atoms with E-state index in [0.717, 1.165) is 5.52 Å². The van der Waals surface area contributed by atoms with Crippen molar-refractivity contribution in [1.82, 2.24) is 19.9 Å². The topological polar surface area (TPSA) is 178 Å². The molecule has 0 aliphatic carbocycles. The monoisotopic (exact) mass is 658 g/mol. The Balaban J connectivity index is 1.60. The number of hydrogen-bond donors (Lipinski definition) is 5. The number of rotatable bonds is 7. The van der Waals surface area contributed by atoms with Crippen LogP contribution in [0.4, 0.5) is 0 Å². The minimum absolute atomic E-state index is 0.0268. The van der Waals surface area contributed by atoms with Crippen molar-refractivity contribution in [1.29, 1.82) is 0 Å². The zero-order valence-corrected chi connectivity index (χ0v) is 26.2. The van der Waals surface area contributed by atoms with E-state index in [-0.39, 0.29) is 28.7 Å². The molecule has 5 N–H and O–H groups in total. The summed E-state index contributed by atoms with van der Waals surface area (Å²) >= 11 is 0. The number of aromatic carboxylic acids is 2. The second kappa shape index (κ2) is 12.1. The first-order valence-electron chi connectivity index (χ1n) is 14.9. The summed E-state index contributed by atoms with van der Waals surface area (Å²) in [6, 6.07) is 21.9. The molecule has 3 aromatic heterocycles. The molecule has 8 bridgehead atoms. The van der Waals surface area contributed by atoms with Crippen molar-refractivity contribution in [2.75, 3.05) is 6.61 Å². The Labute approximate surface area is 273 Å². The van der Waals surface area contributed by atoms with E-state index in [0.29, 0.717) is 55.9 Å². The van der Waals surface area contributed by atoms with Crippen LogP contribution in [0.3, 0.4) is 0 Å². The van der Waals surface area contributed by atoms with E-state index in [1.165, 1.54) is 24.3 Å². The quantitative estimate of drug-likeness (QED) is 0.110. The molecular weight excluding hydrogens is 631 g/mol. The van der Waals surface area contributed by atoms with Crippen molar-refractivity contribution < 1.29 is 33.8 Å². The summed E-state index contributed by atoms with van der Waals surface area (Å²) in [6.45, 7) is 1.60. The second-order valence-electron chi connectivity index (χ2n) is 11.0. The molecule has 1 unspecified atom stereocenters. The third-order valence-electron chi connectivity index (χ3n) is 7.98. The van der Waals surface area contributed by atoms with Gasteiger partial charge in [-0.1, -0.05) is 24.3 Å². The maximum atomic E-state index is 13.8. The Morgan fingerprint density at radius 3 is 1.81 bits per heavy atom. The van der Waals surface area contributed by atoms with Crippen LogP contribution in [0.15, 0.2) is 78.9 Å². The number of carbonyl (C=O) groups is 2. The normalized spacial score (nSPS) is 13.4. The molecule has 12 heteroatoms. The molecular formula is C36H27N4O7P. The van der Waals surface area contributed by atoms with Gasteiger partial charge in [-0.25, -0.2) is 19.6 Å². The van der Waals surface area contributed by atoms with E-state index < -0.39 is 19.5 Å². The molecule has 238 valence electrons. The average Bonchev–Trinajstić information content (AvgIpc) is 3.88. The highest BCUT2D eigenvalue weighted by Gasteiger charge is 2.29. The minimum Gasteiger partial charge on any atom is -0.478 e. The predicted octanol–water partition coefficient (Wildman–Crippen LogP) is 7.23. The number of fused-ring (bicyclic) bond motifs is 8. The molecule has 0 amide bonds. The summed E-state index contributed by atoms with van der Waals surface area (Å²) < 4.78 is 19.2. The van der Waals surface area contributed by atoms with Crippen molar-refractivity contribution in [3.63, 3.8) is 0 Å². The van der Waals surface area contributed by atoms with Crippen molar-refractivity contribution in [3.05, 3.63) is 113 Å². The number of nitrogens with one attached hydrogen (secondary N) is 2. The lowest BCUT2D eigenvalue weighted by atomic mass is 10.0. The first kappa shape index (κ1) is 30.8. The summed E-state index contributed by atoms with van der Waals surface area (Å²) in [5, 5.41) is 18.9. The van der Waals surface area contributed by atoms with E-state index in [1.54, 1.807) is 55.5 Å². The van der Waals surface area contributed by atoms with Crippen molar-refractivity contribution in [2.24, 2.45) is 0 Å². The Hall–Kier alpha value is -5.87. The van der Waals surface area contributed by atoms with Crippen LogP contribution in [0.25, 0.3) is 68.6 Å². The van der Waals surface area contributed by atoms with Crippen LogP contribution in [0.2, 0.25) is 0 Å². The molecule has 7 rings (SSSR count). The van der Waals surface area contributed by atoms with Gasteiger partial charge in [0.25, 0.3) is 0 Å². The molecule has 0 spiro atoms. The highest BCUT2D eigenvalue weighted by atomic mass is 31.2. The van der Waals surface area contributed by atoms with Crippen LogP contribution in [0.5, 0.6) is 0 Å². The fourth-order valence-corrected chi connectivity index (χ4v) is 7.16. The van der Waals surface area contributed by atoms with Gasteiger partial charge in [0.1, 0.15) is 5.30 Å². The summed E-state index contributed by atoms with van der Waals surface area (Å²) in [5.41, 5.74) is 7.16. The van der Waals surface area contributed by atoms with Crippen molar-refractivity contribution in [2.45, 2.75) is 6.92 Å². The van der Waals surface area contributed by atoms with Crippen LogP contribution in [-0.4, -0.2) is 53.6 Å². The highest BCUT2D eigenvalue weighted by Crippen LogP contribution is 2.44. The number of H-pyrrole nitrogens is 2. The zero-order chi connectivity index (χ0) is 33.6. The Morgan fingerprint density at radius 2 is 1.21 bits per heavy atom. The number of hydrogen-bond acceptors (Lipinski definition) is 6. The lowest BCUT2D eigenvalue weighted by Gasteiger charge is -2.12. The van der Waals surface area contributed by atoms with Gasteiger partial charge in [-0.3, -0.25) is 4.57 Å². The first-order valence-corrected chi connectivity index (χ1v) is 16.5. The smallest absolute Gasteiger partial charge is 0.363 e. The van der Waals surface area contributed by atoms with Crippen LogP contribution >= 0.6 is 7.60 Å². The lowest BCUT2D eigenvalue weighted by molar-refractivity contribution is 0.0686. The molecule has 2 aliphatic rings. The second-order valence-corrected chi connectivity index (χ2v) is 12.8. The Bertz CT molecular complexity index is 2350. The SMILES string of the molecule is CCOP(=O)(O)c1c2nc(c(-c3ccc(C(=O)O)cc3)c3ccc(cc4nc(c(-c5ccc(C(=O)O)cc5)c5ccc1[nH]5)C=C4)[nH]3)C=C2. The molecule has 11 nitrogen and oxygen atoms in total. The van der Waals surface area contributed by atoms with Crippen LogP contribution < -0.4 is 5.30 Å². The van der Waals surface area contributed by atoms with E-state index in [1.807, 2.05) is 30.4 Å². The lowest BCUT2D eigenvalue weighted by Crippen LogP contribution is -2.12. The summed E-state index contributed by atoms with van der Waals surface area (Å²) in [4.78, 5) is 50.8. The van der Waals surface area contributed by atoms with Crippen molar-refractivity contribution in [3.8, 4) is 22.3 Å². The van der Waals surface area contributed by atoms with Crippen molar-refractivity contribution >= 4 is 71.2 Å². The largest absolute Gasteiger partial charge is 0.478 e. The zero-order valence-electron chi connectivity index (χ0n) is 25.3. The molecule has 2 aromatic carbocycles. The maximum absolute atomic E-state index is 13.8. The predicted molar refractivity (Wildman–Crippen MR) is 185 cm³/mol. The summed E-state index contributed by atoms with van der Waals surface area (Å²) in [5.74, 6) is -2.10. The molecule has 1 atom stereocenters. The Kier molecular flexibility index (Phi) is 7.73. The number of carboxylic acids is 2. The third-order valence-corrected chi connectivity index (χ3v) is 9.62. The molecule has 2 aliphatic heterocycles. The van der Waals surface area contributed by atoms with Gasteiger partial charge in [0.15, 0.2) is 0 Å². The van der Waals surface area contributed by atoms with Crippen LogP contribution in [0, 0.1) is 0 Å². The van der Waals surface area contributed by atoms with Gasteiger partial charge >= 0.3 is 19.5 Å². The molecule has 5 aromatic rings. The van der Waals surface area contributed by atoms with Gasteiger partial charge in [-0.15, -0.1) is 0 Å². The van der Waals surface area contributed by atoms with E-state index in [4.69, 9.17) is 14.5 Å². The standard InChI is InChI=1S/C36H27N4O7P/c1-2-47-48(45,46)34-30-17-15-28(39-30)32(20-3-7-22(8-4-20)35(41)42)26-13-11-24(37-26)19-25-12-14-27(38-25)33(29-16-18-31(34)40-29)21-5-9-23(10-6-21)36(43)44/h3-19,37,40H,2H2,1H3,(H,41,42)(H,43,44)(H,45,46). The Morgan fingerprint density at radius 1 is 0.688 bits per heavy atom. The summed E-state index contributed by atoms with van der Waals surface area (Å²) in [6.07, 6.45) is 7.09. The van der Waals surface area contributed by atoms with Gasteiger partial charge in [-0.2, -0.15) is 0 Å². The number of aromatic amines is 2. The van der Waals surface area contributed by atoms with Gasteiger partial charge < -0.3 is 29.6 Å². The maximum Gasteiger partial charge on any atom is 0.363 e. The molecule has 48 heavy (non-hydrogen) atoms. The van der Waals surface area contributed by atoms with Gasteiger partial charge in [0.2, 0.25) is 0 Å². The number of benzene rings is 2. The fraction of sp³-hybridized carbons (Fsp3) is 0.0556. The van der Waals surface area contributed by atoms with Gasteiger partial charge in [0.05, 0.1) is 46.0 Å². The average molecular weight is 659 g/mol. The number of aromatic nitrogens is 4. The first-order chi connectivity index (χ1) is 23.1. The molecule has 0 radical (unpaired) electrons. The molecule has 0 fully saturated rings. The fourth-order valence-electron chi connectivity index (χ4n) is 5.83. The highest BCUT2D eigenvalue weighted by molar-refractivity contribution is 7.61. The summed E-state index contributed by atoms with van der Waals surface area (Å²) in [7, 11) is -4.43.